The molecule has 3 rings (SSSR count). The third-order valence-electron chi connectivity index (χ3n) is 3.57. The molecular weight excluding hydrogens is 294 g/mol. The number of carbonyl (C=O) groups excluding carboxylic acids is 1. The maximum atomic E-state index is 12.3. The van der Waals surface area contributed by atoms with Crippen molar-refractivity contribution in [1.29, 1.82) is 0 Å². The summed E-state index contributed by atoms with van der Waals surface area (Å²) in [5.74, 6) is -0.400. The minimum absolute atomic E-state index is 0.187. The molecule has 0 unspecified atom stereocenters. The molecule has 22 heavy (non-hydrogen) atoms. The summed E-state index contributed by atoms with van der Waals surface area (Å²) in [5.41, 5.74) is 1.95. The second kappa shape index (κ2) is 6.71. The van der Waals surface area contributed by atoms with Gasteiger partial charge in [0.15, 0.2) is 0 Å². The van der Waals surface area contributed by atoms with Crippen LogP contribution >= 0.6 is 11.3 Å². The highest BCUT2D eigenvalue weighted by Crippen LogP contribution is 2.24. The maximum Gasteiger partial charge on any atom is 0.313 e. The van der Waals surface area contributed by atoms with Crippen LogP contribution < -0.4 is 0 Å². The molecule has 3 nitrogen and oxygen atoms in total. The molecule has 0 N–H and O–H groups in total. The number of fused-ring (bicyclic) bond motifs is 1. The normalized spacial score (nSPS) is 12.2. The van der Waals surface area contributed by atoms with Crippen molar-refractivity contribution in [3.63, 3.8) is 0 Å². The van der Waals surface area contributed by atoms with Crippen molar-refractivity contribution in [3.05, 3.63) is 65.2 Å². The molecule has 0 saturated heterocycles. The first-order chi connectivity index (χ1) is 10.8. The molecule has 0 radical (unpaired) electrons. The van der Waals surface area contributed by atoms with E-state index in [1.54, 1.807) is 11.3 Å². The van der Waals surface area contributed by atoms with Gasteiger partial charge in [0.05, 0.1) is 16.1 Å². The average molecular weight is 311 g/mol. The molecular formula is C18H17NO2S. The fourth-order valence-electron chi connectivity index (χ4n) is 2.44. The summed E-state index contributed by atoms with van der Waals surface area (Å²) in [7, 11) is 0. The number of ether oxygens (including phenoxy) is 1. The number of hydrogen-bond acceptors (Lipinski definition) is 4. The van der Waals surface area contributed by atoms with Gasteiger partial charge in [-0.2, -0.15) is 0 Å². The molecule has 0 spiro atoms. The van der Waals surface area contributed by atoms with Gasteiger partial charge in [0.1, 0.15) is 11.6 Å². The van der Waals surface area contributed by atoms with Gasteiger partial charge in [-0.05, 0) is 24.1 Å². The van der Waals surface area contributed by atoms with E-state index in [0.29, 0.717) is 0 Å². The van der Waals surface area contributed by atoms with Crippen molar-refractivity contribution in [2.24, 2.45) is 0 Å². The van der Waals surface area contributed by atoms with Crippen molar-refractivity contribution in [2.75, 3.05) is 0 Å². The number of esters is 1. The molecule has 2 aromatic carbocycles. The topological polar surface area (TPSA) is 39.2 Å². The maximum absolute atomic E-state index is 12.3. The smallest absolute Gasteiger partial charge is 0.313 e. The summed E-state index contributed by atoms with van der Waals surface area (Å²) in [5, 5.41) is 0.831. The molecule has 1 heterocycles. The van der Waals surface area contributed by atoms with Crippen molar-refractivity contribution in [1.82, 2.24) is 4.98 Å². The van der Waals surface area contributed by atoms with Gasteiger partial charge in [0, 0.05) is 0 Å². The Labute approximate surface area is 133 Å². The lowest BCUT2D eigenvalue weighted by Crippen LogP contribution is -2.15. The van der Waals surface area contributed by atoms with Crippen molar-refractivity contribution in [2.45, 2.75) is 25.9 Å². The van der Waals surface area contributed by atoms with Crippen LogP contribution in [-0.2, 0) is 16.1 Å². The fourth-order valence-corrected chi connectivity index (χ4v) is 3.32. The largest absolute Gasteiger partial charge is 0.458 e. The van der Waals surface area contributed by atoms with Crippen LogP contribution in [0.1, 0.15) is 29.8 Å². The van der Waals surface area contributed by atoms with Crippen LogP contribution in [0, 0.1) is 0 Å². The van der Waals surface area contributed by atoms with Crippen LogP contribution in [-0.4, -0.2) is 11.0 Å². The van der Waals surface area contributed by atoms with E-state index in [-0.39, 0.29) is 18.5 Å². The van der Waals surface area contributed by atoms with Crippen molar-refractivity contribution >= 4 is 27.5 Å². The molecule has 4 heteroatoms. The second-order valence-electron chi connectivity index (χ2n) is 5.05. The van der Waals surface area contributed by atoms with Crippen LogP contribution in [0.15, 0.2) is 54.6 Å². The zero-order valence-corrected chi connectivity index (χ0v) is 13.2. The highest BCUT2D eigenvalue weighted by molar-refractivity contribution is 7.18. The molecule has 0 bridgehead atoms. The van der Waals surface area contributed by atoms with E-state index in [0.717, 1.165) is 27.2 Å². The number of carbonyl (C=O) groups is 1. The molecule has 1 atom stereocenters. The molecule has 0 aliphatic carbocycles. The van der Waals surface area contributed by atoms with E-state index in [1.807, 2.05) is 61.5 Å². The molecule has 0 aliphatic heterocycles. The summed E-state index contributed by atoms with van der Waals surface area (Å²) >= 11 is 1.57. The van der Waals surface area contributed by atoms with E-state index in [2.05, 4.69) is 4.98 Å². The minimum Gasteiger partial charge on any atom is -0.458 e. The Balaban J connectivity index is 1.68. The van der Waals surface area contributed by atoms with Gasteiger partial charge in [-0.15, -0.1) is 11.3 Å². The van der Waals surface area contributed by atoms with Crippen LogP contribution in [0.25, 0.3) is 10.2 Å². The Morgan fingerprint density at radius 3 is 2.59 bits per heavy atom. The number of rotatable bonds is 5. The first kappa shape index (κ1) is 14.7. The minimum atomic E-state index is -0.212. The summed E-state index contributed by atoms with van der Waals surface area (Å²) in [6.07, 6.45) is 0.725. The van der Waals surface area contributed by atoms with Gasteiger partial charge >= 0.3 is 5.97 Å². The van der Waals surface area contributed by atoms with Crippen LogP contribution in [0.5, 0.6) is 0 Å². The summed E-state index contributed by atoms with van der Waals surface area (Å²) in [4.78, 5) is 16.8. The van der Waals surface area contributed by atoms with E-state index in [1.165, 1.54) is 0 Å². The zero-order chi connectivity index (χ0) is 15.4. The highest BCUT2D eigenvalue weighted by Gasteiger charge is 2.20. The third kappa shape index (κ3) is 3.17. The van der Waals surface area contributed by atoms with Gasteiger partial charge in [-0.3, -0.25) is 4.79 Å². The molecule has 0 fully saturated rings. The molecule has 112 valence electrons. The van der Waals surface area contributed by atoms with E-state index >= 15 is 0 Å². The lowest BCUT2D eigenvalue weighted by molar-refractivity contribution is -0.146. The standard InChI is InChI=1S/C18H17NO2S/c1-2-14(13-8-4-3-5-9-13)18(20)21-12-17-19-15-10-6-7-11-16(15)22-17/h3-11,14H,2,12H2,1H3/t14-/m1/s1. The highest BCUT2D eigenvalue weighted by atomic mass is 32.1. The lowest BCUT2D eigenvalue weighted by atomic mass is 9.97. The number of para-hydroxylation sites is 1. The quantitative estimate of drug-likeness (QED) is 0.650. The summed E-state index contributed by atoms with van der Waals surface area (Å²) in [6.45, 7) is 2.23. The van der Waals surface area contributed by atoms with Crippen molar-refractivity contribution in [3.8, 4) is 0 Å². The van der Waals surface area contributed by atoms with Crippen LogP contribution in [0.4, 0.5) is 0 Å². The Bertz CT molecular complexity index is 734. The van der Waals surface area contributed by atoms with E-state index in [9.17, 15) is 4.79 Å². The lowest BCUT2D eigenvalue weighted by Gasteiger charge is -2.13. The van der Waals surface area contributed by atoms with Crippen molar-refractivity contribution < 1.29 is 9.53 Å². The van der Waals surface area contributed by atoms with Crippen LogP contribution in [0.2, 0.25) is 0 Å². The molecule has 0 aliphatic rings. The Morgan fingerprint density at radius 2 is 1.86 bits per heavy atom. The average Bonchev–Trinajstić information content (AvgIpc) is 2.97. The van der Waals surface area contributed by atoms with Gasteiger partial charge in [-0.25, -0.2) is 4.98 Å². The van der Waals surface area contributed by atoms with Gasteiger partial charge in [0.25, 0.3) is 0 Å². The predicted octanol–water partition coefficient (Wildman–Crippen LogP) is 4.53. The number of hydrogen-bond donors (Lipinski definition) is 0. The Kier molecular flexibility index (Phi) is 4.49. The summed E-state index contributed by atoms with van der Waals surface area (Å²) < 4.78 is 6.59. The molecule has 3 aromatic rings. The molecule has 0 amide bonds. The number of aromatic nitrogens is 1. The summed E-state index contributed by atoms with van der Waals surface area (Å²) in [6, 6.07) is 17.7. The monoisotopic (exact) mass is 311 g/mol. The second-order valence-corrected chi connectivity index (χ2v) is 6.17. The van der Waals surface area contributed by atoms with Gasteiger partial charge < -0.3 is 4.74 Å². The van der Waals surface area contributed by atoms with Gasteiger partial charge in [0.2, 0.25) is 0 Å². The Morgan fingerprint density at radius 1 is 1.14 bits per heavy atom. The first-order valence-corrected chi connectivity index (χ1v) is 8.15. The predicted molar refractivity (Wildman–Crippen MR) is 88.9 cm³/mol. The fraction of sp³-hybridized carbons (Fsp3) is 0.222. The number of thiazole rings is 1. The molecule has 1 aromatic heterocycles. The zero-order valence-electron chi connectivity index (χ0n) is 12.4. The molecule has 0 saturated carbocycles. The SMILES string of the molecule is CC[C@@H](C(=O)OCc1nc2ccccc2s1)c1ccccc1. The first-order valence-electron chi connectivity index (χ1n) is 7.34. The van der Waals surface area contributed by atoms with E-state index < -0.39 is 0 Å². The third-order valence-corrected chi connectivity index (χ3v) is 4.58. The van der Waals surface area contributed by atoms with E-state index in [4.69, 9.17) is 4.74 Å². The van der Waals surface area contributed by atoms with Gasteiger partial charge in [-0.1, -0.05) is 49.4 Å². The Hall–Kier alpha value is -2.20. The number of benzene rings is 2. The van der Waals surface area contributed by atoms with Crippen LogP contribution in [0.3, 0.4) is 0 Å². The number of nitrogens with zero attached hydrogens (tertiary/aromatic N) is 1.